The van der Waals surface area contributed by atoms with Crippen LogP contribution < -0.4 is 32.3 Å². The minimum absolute atomic E-state index is 0.122. The number of carbonyl (C=O) groups excluding carboxylic acids is 2. The molecule has 24 heteroatoms. The second kappa shape index (κ2) is 19.3. The normalized spacial score (nSPS) is 14.1. The third-order valence-corrected chi connectivity index (χ3v) is 7.07. The van der Waals surface area contributed by atoms with Crippen molar-refractivity contribution in [1.29, 1.82) is 0 Å². The molecule has 0 saturated carbocycles. The molecule has 2 fully saturated rings. The van der Waals surface area contributed by atoms with Crippen LogP contribution in [0.2, 0.25) is 0 Å². The van der Waals surface area contributed by atoms with Crippen LogP contribution >= 0.6 is 0 Å². The SMILES string of the molecule is NC(=O)C1CC[NH2+]CC1.NC(=O)C1CC[NH2+]CC1.O=C(O)c1cc([N+](=O)[O-])cc([N+](=O)[O-])c1[O-].O=C(O)c1cc([N+](=O)[O-])cc([N+](=O)[O-])c1[O-]. The van der Waals surface area contributed by atoms with E-state index in [1.807, 2.05) is 0 Å². The molecule has 2 amide bonds. The van der Waals surface area contributed by atoms with Gasteiger partial charge in [-0.25, -0.2) is 9.59 Å². The van der Waals surface area contributed by atoms with Gasteiger partial charge in [0, 0.05) is 49.7 Å². The minimum Gasteiger partial charge on any atom is -0.867 e. The molecule has 272 valence electrons. The number of nitro groups is 4. The van der Waals surface area contributed by atoms with Gasteiger partial charge in [-0.05, 0) is 11.5 Å². The largest absolute Gasteiger partial charge is 0.867 e. The standard InChI is InChI=1S/2C7H4N2O7.2C6H12N2O/c2*10-6-4(7(11)12)1-3(8(13)14)2-5(6)9(15)16;2*7-6(9)5-1-3-8-4-2-5/h2*1-2,10H,(H,11,12);2*5,8H,1-4H2,(H2,7,9). The summed E-state index contributed by atoms with van der Waals surface area (Å²) in [5.74, 6) is -6.14. The van der Waals surface area contributed by atoms with Gasteiger partial charge >= 0.3 is 11.9 Å². The lowest BCUT2D eigenvalue weighted by atomic mass is 9.98. The molecule has 2 heterocycles. The molecule has 0 bridgehead atoms. The Morgan fingerprint density at radius 1 is 0.580 bits per heavy atom. The Morgan fingerprint density at radius 2 is 0.860 bits per heavy atom. The maximum Gasteiger partial charge on any atom is 0.335 e. The summed E-state index contributed by atoms with van der Waals surface area (Å²) in [4.78, 5) is 79.2. The average molecular weight is 713 g/mol. The van der Waals surface area contributed by atoms with E-state index in [0.29, 0.717) is 24.3 Å². The Morgan fingerprint density at radius 3 is 1.04 bits per heavy atom. The minimum atomic E-state index is -1.75. The highest BCUT2D eigenvalue weighted by molar-refractivity contribution is 5.94. The summed E-state index contributed by atoms with van der Waals surface area (Å²) in [6, 6.07) is 1.82. The molecular weight excluding hydrogens is 680 g/mol. The van der Waals surface area contributed by atoms with E-state index < -0.39 is 77.0 Å². The lowest BCUT2D eigenvalue weighted by Crippen LogP contribution is -2.86. The van der Waals surface area contributed by atoms with Crippen LogP contribution in [0.5, 0.6) is 11.5 Å². The number of aromatic carboxylic acids is 2. The number of carboxylic acids is 2. The van der Waals surface area contributed by atoms with Crippen LogP contribution in [-0.2, 0) is 9.59 Å². The van der Waals surface area contributed by atoms with Gasteiger partial charge in [0.1, 0.15) is 0 Å². The number of piperidine rings is 2. The van der Waals surface area contributed by atoms with Gasteiger partial charge in [-0.1, -0.05) is 0 Å². The summed E-state index contributed by atoms with van der Waals surface area (Å²) in [7, 11) is 0. The van der Waals surface area contributed by atoms with Gasteiger partial charge in [0.15, 0.2) is 0 Å². The Bertz CT molecular complexity index is 1450. The number of hydrogen-bond donors (Lipinski definition) is 6. The van der Waals surface area contributed by atoms with Crippen molar-refractivity contribution in [3.05, 3.63) is 75.8 Å². The molecule has 2 aliphatic heterocycles. The maximum absolute atomic E-state index is 11.2. The Hall–Kier alpha value is -6.56. The number of non-ortho nitro benzene ring substituents is 2. The summed E-state index contributed by atoms with van der Waals surface area (Å²) < 4.78 is 0. The highest BCUT2D eigenvalue weighted by Crippen LogP contribution is 2.33. The summed E-state index contributed by atoms with van der Waals surface area (Å²) >= 11 is 0. The van der Waals surface area contributed by atoms with Crippen molar-refractivity contribution in [2.24, 2.45) is 23.3 Å². The highest BCUT2D eigenvalue weighted by atomic mass is 16.6. The third kappa shape index (κ3) is 12.6. The van der Waals surface area contributed by atoms with E-state index in [2.05, 4.69) is 10.6 Å². The van der Waals surface area contributed by atoms with Crippen LogP contribution in [0.3, 0.4) is 0 Å². The van der Waals surface area contributed by atoms with Crippen molar-refractivity contribution in [3.63, 3.8) is 0 Å². The third-order valence-electron chi connectivity index (χ3n) is 7.07. The topological polar surface area (TPSA) is 413 Å². The van der Waals surface area contributed by atoms with Gasteiger partial charge in [0.2, 0.25) is 11.8 Å². The number of benzene rings is 2. The molecule has 0 unspecified atom stereocenters. The van der Waals surface area contributed by atoms with Crippen LogP contribution in [0.25, 0.3) is 0 Å². The fourth-order valence-electron chi connectivity index (χ4n) is 4.42. The van der Waals surface area contributed by atoms with Crippen LogP contribution in [0.4, 0.5) is 22.7 Å². The number of nitrogens with two attached hydrogens (primary N) is 4. The molecule has 10 N–H and O–H groups in total. The van der Waals surface area contributed by atoms with Crippen molar-refractivity contribution in [2.45, 2.75) is 25.7 Å². The fourth-order valence-corrected chi connectivity index (χ4v) is 4.42. The van der Waals surface area contributed by atoms with Crippen molar-refractivity contribution in [1.82, 2.24) is 0 Å². The zero-order valence-electron chi connectivity index (χ0n) is 25.8. The molecule has 50 heavy (non-hydrogen) atoms. The quantitative estimate of drug-likeness (QED) is 0.121. The van der Waals surface area contributed by atoms with E-state index in [0.717, 1.165) is 51.9 Å². The summed E-state index contributed by atoms with van der Waals surface area (Å²) in [6.07, 6.45) is 3.87. The molecule has 0 atom stereocenters. The molecule has 0 spiro atoms. The highest BCUT2D eigenvalue weighted by Gasteiger charge is 2.23. The van der Waals surface area contributed by atoms with Crippen LogP contribution in [0.1, 0.15) is 46.4 Å². The van der Waals surface area contributed by atoms with Crippen LogP contribution in [-0.4, -0.2) is 79.8 Å². The molecule has 0 aromatic heterocycles. The van der Waals surface area contributed by atoms with Crippen LogP contribution in [0.15, 0.2) is 24.3 Å². The Kier molecular flexibility index (Phi) is 16.0. The molecular formula is C26H32N8O16. The van der Waals surface area contributed by atoms with E-state index in [9.17, 15) is 69.8 Å². The predicted molar refractivity (Wildman–Crippen MR) is 159 cm³/mol. The van der Waals surface area contributed by atoms with Crippen molar-refractivity contribution >= 4 is 46.5 Å². The second-order valence-electron chi connectivity index (χ2n) is 10.4. The van der Waals surface area contributed by atoms with E-state index in [4.69, 9.17) is 21.7 Å². The summed E-state index contributed by atoms with van der Waals surface area (Å²) in [5.41, 5.74) is 4.33. The number of nitro benzene ring substituents is 4. The van der Waals surface area contributed by atoms with Gasteiger partial charge in [-0.3, -0.25) is 50.0 Å². The molecule has 2 aliphatic rings. The van der Waals surface area contributed by atoms with E-state index in [1.165, 1.54) is 0 Å². The molecule has 2 aromatic carbocycles. The number of rotatable bonds is 8. The van der Waals surface area contributed by atoms with Crippen molar-refractivity contribution in [3.8, 4) is 11.5 Å². The van der Waals surface area contributed by atoms with Gasteiger partial charge in [-0.15, -0.1) is 0 Å². The number of amides is 2. The lowest BCUT2D eigenvalue weighted by molar-refractivity contribution is -0.664. The predicted octanol–water partition coefficient (Wildman–Crippen LogP) is -2.56. The smallest absolute Gasteiger partial charge is 0.335 e. The Balaban J connectivity index is 0.000000345. The van der Waals surface area contributed by atoms with Crippen molar-refractivity contribution in [2.75, 3.05) is 26.2 Å². The first kappa shape index (κ1) is 41.5. The average Bonchev–Trinajstić information content (AvgIpc) is 3.05. The van der Waals surface area contributed by atoms with E-state index in [1.54, 1.807) is 0 Å². The number of quaternary nitrogens is 2. The molecule has 0 aliphatic carbocycles. The molecule has 4 rings (SSSR count). The monoisotopic (exact) mass is 712 g/mol. The first-order valence-corrected chi connectivity index (χ1v) is 14.3. The van der Waals surface area contributed by atoms with Crippen LogP contribution in [0, 0.1) is 52.3 Å². The molecule has 2 aromatic rings. The number of carboxylic acid groups (broad SMARTS) is 2. The van der Waals surface area contributed by atoms with E-state index in [-0.39, 0.29) is 23.7 Å². The van der Waals surface area contributed by atoms with Crippen molar-refractivity contribution < 1.29 is 69.9 Å². The fraction of sp³-hybridized carbons (Fsp3) is 0.385. The maximum atomic E-state index is 11.2. The zero-order valence-corrected chi connectivity index (χ0v) is 25.8. The first-order valence-electron chi connectivity index (χ1n) is 14.3. The van der Waals surface area contributed by atoms with Gasteiger partial charge in [-0.2, -0.15) is 0 Å². The van der Waals surface area contributed by atoms with Gasteiger partial charge < -0.3 is 42.5 Å². The number of nitrogens with zero attached hydrogens (tertiary/aromatic N) is 4. The number of primary amides is 2. The number of hydrogen-bond acceptors (Lipinski definition) is 14. The zero-order chi connectivity index (χ0) is 38.3. The Labute approximate surface area is 279 Å². The van der Waals surface area contributed by atoms with E-state index >= 15 is 0 Å². The summed E-state index contributed by atoms with van der Waals surface area (Å²) in [6.45, 7) is 4.25. The van der Waals surface area contributed by atoms with Gasteiger partial charge in [0.05, 0.1) is 69.1 Å². The molecule has 24 nitrogen and oxygen atoms in total. The first-order chi connectivity index (χ1) is 23.3. The second-order valence-corrected chi connectivity index (χ2v) is 10.4. The molecule has 2 saturated heterocycles. The molecule has 0 radical (unpaired) electrons. The lowest BCUT2D eigenvalue weighted by Gasteiger charge is -2.16. The number of carbonyl (C=O) groups is 4. The summed E-state index contributed by atoms with van der Waals surface area (Å²) in [5, 5.41) is 85.3. The van der Waals surface area contributed by atoms with Gasteiger partial charge in [0.25, 0.3) is 22.7 Å².